The molecule has 0 saturated heterocycles. The first-order chi connectivity index (χ1) is 38.4. The van der Waals surface area contributed by atoms with Crippen molar-refractivity contribution in [3.8, 4) is 0 Å². The van der Waals surface area contributed by atoms with E-state index in [1.54, 1.807) is 0 Å². The number of aromatic nitrogens is 16. The quantitative estimate of drug-likeness (QED) is 0.101. The predicted octanol–water partition coefficient (Wildman–Crippen LogP) is 12.8. The molecule has 0 fully saturated rings. The van der Waals surface area contributed by atoms with Crippen LogP contribution < -0.4 is 0 Å². The molecule has 0 spiro atoms. The summed E-state index contributed by atoms with van der Waals surface area (Å²) in [6.07, 6.45) is 0. The Morgan fingerprint density at radius 1 is 0.275 bits per heavy atom. The fraction of sp³-hybridized carbons (Fsp3) is 0. The van der Waals surface area contributed by atoms with E-state index in [4.69, 9.17) is 92.8 Å². The third-order valence-electron chi connectivity index (χ3n) is 11.8. The van der Waals surface area contributed by atoms with Crippen LogP contribution in [0.4, 0.5) is 35.1 Å². The molecule has 0 N–H and O–H groups in total. The first kappa shape index (κ1) is 55.2. The van der Waals surface area contributed by atoms with Gasteiger partial charge < -0.3 is 0 Å². The second-order valence-electron chi connectivity index (χ2n) is 15.7. The van der Waals surface area contributed by atoms with Crippen molar-refractivity contribution in [1.29, 1.82) is 0 Å². The monoisotopic (exact) mass is 1650 g/mol. The number of hydrogen-bond donors (Lipinski definition) is 0. The smallest absolute Gasteiger partial charge is 0.157 e. The van der Waals surface area contributed by atoms with E-state index >= 15 is 0 Å². The molecule has 0 saturated carbocycles. The summed E-state index contributed by atoms with van der Waals surface area (Å²) in [5.41, 5.74) is 2.13. The molecule has 0 aliphatic rings. The van der Waals surface area contributed by atoms with E-state index in [-0.39, 0.29) is 161 Å². The molecule has 0 amide bonds. The molecule has 400 valence electrons. The molecule has 0 atom stereocenters. The third kappa shape index (κ3) is 8.15. The van der Waals surface area contributed by atoms with Gasteiger partial charge in [-0.1, -0.05) is 46.4 Å². The standard InChI is InChI=1S/C10Cl2F2N4O2.C10Cl2F2N4S2.C10Cl2F2N4Se2.C10Cl2F2N4Te2/c4*11-3-5(13)1-2(8-10(3)18-20-16-8)6(14)4(12)9-7(1)15-19-17-9. The average molecular weight is 1650 g/mol. The maximum atomic E-state index is 14.5. The number of halogens is 16. The Bertz CT molecular complexity index is 4400. The van der Waals surface area contributed by atoms with Crippen molar-refractivity contribution in [1.82, 2.24) is 66.9 Å². The van der Waals surface area contributed by atoms with Crippen LogP contribution in [0, 0.1) is 46.5 Å². The summed E-state index contributed by atoms with van der Waals surface area (Å²) < 4.78 is 173. The molecule has 18 nitrogen and oxygen atoms in total. The normalized spacial score (nSPS) is 12.0. The second kappa shape index (κ2) is 21.0. The van der Waals surface area contributed by atoms with Gasteiger partial charge in [-0.2, -0.15) is 17.5 Å². The first-order valence-corrected chi connectivity index (χ1v) is 32.2. The maximum absolute atomic E-state index is 14.5. The number of hydrogen-bond acceptors (Lipinski definition) is 20. The summed E-state index contributed by atoms with van der Waals surface area (Å²) in [7, 11) is 0. The molecule has 0 aliphatic heterocycles. The molecule has 8 heterocycles. The van der Waals surface area contributed by atoms with Crippen molar-refractivity contribution in [2.75, 3.05) is 0 Å². The zero-order valence-electron chi connectivity index (χ0n) is 36.5. The third-order valence-corrected chi connectivity index (χ3v) is 20.8. The van der Waals surface area contributed by atoms with Gasteiger partial charge in [-0.05, 0) is 20.6 Å². The van der Waals surface area contributed by atoms with Gasteiger partial charge in [-0.3, -0.25) is 0 Å². The Morgan fingerprint density at radius 2 is 0.512 bits per heavy atom. The molecule has 0 aliphatic carbocycles. The molecule has 0 bridgehead atoms. The number of nitrogens with zero attached hydrogens (tertiary/aromatic N) is 16. The molecule has 0 radical (unpaired) electrons. The molecule has 16 aromatic rings. The minimum absolute atomic E-state index is 0.00887. The van der Waals surface area contributed by atoms with Gasteiger partial charge in [0.1, 0.15) is 53.2 Å². The molecule has 40 heteroatoms. The molecule has 8 aromatic carbocycles. The molecule has 8 aromatic heterocycles. The van der Waals surface area contributed by atoms with Crippen LogP contribution in [0.25, 0.3) is 131 Å². The van der Waals surface area contributed by atoms with Crippen LogP contribution in [-0.4, -0.2) is 139 Å². The Balaban J connectivity index is 0.000000101. The van der Waals surface area contributed by atoms with Gasteiger partial charge in [0.15, 0.2) is 34.3 Å². The molecule has 80 heavy (non-hydrogen) atoms. The van der Waals surface area contributed by atoms with E-state index in [0.717, 1.165) is 23.5 Å². The van der Waals surface area contributed by atoms with Crippen LogP contribution in [0.5, 0.6) is 0 Å². The van der Waals surface area contributed by atoms with Crippen LogP contribution in [0.15, 0.2) is 9.26 Å². The van der Waals surface area contributed by atoms with Gasteiger partial charge in [0, 0.05) is 0 Å². The number of fused-ring (bicyclic) bond motifs is 20. The fourth-order valence-electron chi connectivity index (χ4n) is 8.34. The molecular formula is C40Cl8F8N16O2S2Se2Te2. The molecule has 0 unspecified atom stereocenters. The van der Waals surface area contributed by atoms with Gasteiger partial charge in [-0.15, -0.1) is 0 Å². The zero-order valence-corrected chi connectivity index (χ0v) is 52.2. The van der Waals surface area contributed by atoms with E-state index in [2.05, 4.69) is 76.1 Å². The second-order valence-corrected chi connectivity index (χ2v) is 25.0. The summed E-state index contributed by atoms with van der Waals surface area (Å²) in [6, 6.07) is 0. The van der Waals surface area contributed by atoms with E-state index in [0.29, 0.717) is 11.0 Å². The Kier molecular flexibility index (Phi) is 14.5. The zero-order chi connectivity index (χ0) is 56.1. The van der Waals surface area contributed by atoms with Crippen molar-refractivity contribution in [3.05, 3.63) is 86.7 Å². The summed E-state index contributed by atoms with van der Waals surface area (Å²) in [5, 5.41) is 11.6. The van der Waals surface area contributed by atoms with Crippen LogP contribution in [-0.2, 0) is 0 Å². The summed E-state index contributed by atoms with van der Waals surface area (Å²) in [6.45, 7) is 0. The maximum Gasteiger partial charge on any atom is 0.157 e. The summed E-state index contributed by atoms with van der Waals surface area (Å²) >= 11 is 46.1. The van der Waals surface area contributed by atoms with Crippen molar-refractivity contribution >= 4 is 320 Å². The Labute approximate surface area is 511 Å². The van der Waals surface area contributed by atoms with Gasteiger partial charge in [0.2, 0.25) is 0 Å². The number of benzene rings is 8. The van der Waals surface area contributed by atoms with Crippen LogP contribution in [0.3, 0.4) is 0 Å². The van der Waals surface area contributed by atoms with Gasteiger partial charge in [0.05, 0.1) is 45.0 Å². The van der Waals surface area contributed by atoms with Crippen LogP contribution in [0.2, 0.25) is 40.2 Å². The van der Waals surface area contributed by atoms with Crippen LogP contribution >= 0.6 is 116 Å². The Morgan fingerprint density at radius 3 is 0.875 bits per heavy atom. The summed E-state index contributed by atoms with van der Waals surface area (Å²) in [4.78, 5) is 0. The van der Waals surface area contributed by atoms with E-state index < -0.39 is 118 Å². The van der Waals surface area contributed by atoms with Gasteiger partial charge in [0.25, 0.3) is 0 Å². The fourth-order valence-corrected chi connectivity index (χ4v) is 17.4. The van der Waals surface area contributed by atoms with Crippen molar-refractivity contribution in [3.63, 3.8) is 0 Å². The topological polar surface area (TPSA) is 233 Å². The minimum atomic E-state index is -1.05. The molecule has 16 rings (SSSR count). The van der Waals surface area contributed by atoms with Crippen molar-refractivity contribution < 1.29 is 44.4 Å². The SMILES string of the molecule is Fc1c(Cl)c2n[se]nc2c2c(F)c(Cl)c3n[se]nc3c12.Fc1c(Cl)c2n[te]nc2c2c(F)c(Cl)c3n[te]nc3c12.Fc1c(Cl)c2nonc2c2c(F)c(Cl)c3nonc3c12.Fc1c(Cl)c2nsnc2c2c(F)c(Cl)c3nsnc3c12. The van der Waals surface area contributed by atoms with E-state index in [1.165, 1.54) is 0 Å². The van der Waals surface area contributed by atoms with Gasteiger partial charge >= 0.3 is 274 Å². The van der Waals surface area contributed by atoms with Crippen LogP contribution in [0.1, 0.15) is 0 Å². The van der Waals surface area contributed by atoms with E-state index in [1.807, 2.05) is 0 Å². The van der Waals surface area contributed by atoms with Crippen molar-refractivity contribution in [2.45, 2.75) is 0 Å². The molecular weight excluding hydrogens is 1650 g/mol. The van der Waals surface area contributed by atoms with E-state index in [9.17, 15) is 35.1 Å². The average Bonchev–Trinajstić information content (AvgIpc) is 4.46. The largest absolute Gasteiger partial charge is 0.243 e. The van der Waals surface area contributed by atoms with Crippen molar-refractivity contribution in [2.24, 2.45) is 0 Å². The predicted molar refractivity (Wildman–Crippen MR) is 288 cm³/mol. The minimum Gasteiger partial charge on any atom is -0.243 e. The summed E-state index contributed by atoms with van der Waals surface area (Å²) in [5.74, 6) is -6.41. The van der Waals surface area contributed by atoms with Gasteiger partial charge in [-0.25, -0.2) is 26.8 Å². The Hall–Kier alpha value is -3.98. The number of rotatable bonds is 0. The first-order valence-electron chi connectivity index (χ1n) is 20.5.